The summed E-state index contributed by atoms with van der Waals surface area (Å²) in [6, 6.07) is 11.5. The Bertz CT molecular complexity index is 1370. The summed E-state index contributed by atoms with van der Waals surface area (Å²) in [7, 11) is -1.44. The molecule has 0 atom stereocenters. The van der Waals surface area contributed by atoms with Gasteiger partial charge in [-0.15, -0.1) is 0 Å². The van der Waals surface area contributed by atoms with Crippen LogP contribution in [0.3, 0.4) is 0 Å². The number of hydrogen-bond donors (Lipinski definition) is 1. The summed E-state index contributed by atoms with van der Waals surface area (Å²) in [5.41, 5.74) is 0.630. The molecular weight excluding hydrogens is 485 g/mol. The molecule has 0 amide bonds. The number of ether oxygens (including phenoxy) is 3. The predicted molar refractivity (Wildman–Crippen MR) is 121 cm³/mol. The fraction of sp³-hybridized carbons (Fsp3) is 0.208. The van der Waals surface area contributed by atoms with E-state index in [4.69, 9.17) is 19.5 Å². The zero-order chi connectivity index (χ0) is 25.6. The van der Waals surface area contributed by atoms with Gasteiger partial charge in [0.05, 0.1) is 18.7 Å². The van der Waals surface area contributed by atoms with Gasteiger partial charge >= 0.3 is 0 Å². The molecule has 0 bridgehead atoms. The number of nitriles is 1. The Morgan fingerprint density at radius 3 is 2.31 bits per heavy atom. The summed E-state index contributed by atoms with van der Waals surface area (Å²) in [5.74, 6) is -2.76. The molecule has 3 aromatic rings. The highest BCUT2D eigenvalue weighted by Crippen LogP contribution is 2.31. The Morgan fingerprint density at radius 2 is 1.66 bits per heavy atom. The molecule has 0 heterocycles. The first-order valence-electron chi connectivity index (χ1n) is 10.2. The van der Waals surface area contributed by atoms with Crippen molar-refractivity contribution in [3.05, 3.63) is 77.1 Å². The molecule has 3 rings (SSSR count). The molecule has 7 nitrogen and oxygen atoms in total. The van der Waals surface area contributed by atoms with Crippen LogP contribution in [-0.4, -0.2) is 36.0 Å². The van der Waals surface area contributed by atoms with Gasteiger partial charge in [-0.2, -0.15) is 5.26 Å². The normalized spacial score (nSPS) is 11.2. The van der Waals surface area contributed by atoms with Gasteiger partial charge in [0.2, 0.25) is 10.0 Å². The highest BCUT2D eigenvalue weighted by Gasteiger charge is 2.21. The van der Waals surface area contributed by atoms with E-state index in [1.807, 2.05) is 6.07 Å². The summed E-state index contributed by atoms with van der Waals surface area (Å²) in [6.45, 7) is -0.440. The number of nitrogens with one attached hydrogen (secondary N) is 1. The fourth-order valence-electron chi connectivity index (χ4n) is 3.29. The zero-order valence-corrected chi connectivity index (χ0v) is 19.6. The Hall–Kier alpha value is -3.59. The minimum atomic E-state index is -4.10. The number of sulfonamides is 1. The van der Waals surface area contributed by atoms with Crippen LogP contribution in [0.2, 0.25) is 0 Å². The van der Waals surface area contributed by atoms with Crippen LogP contribution in [-0.2, 0) is 21.2 Å². The first kappa shape index (κ1) is 26.0. The lowest BCUT2D eigenvalue weighted by molar-refractivity contribution is 0.0502. The lowest BCUT2D eigenvalue weighted by Crippen LogP contribution is -2.27. The third kappa shape index (κ3) is 6.10. The van der Waals surface area contributed by atoms with Crippen LogP contribution in [0.25, 0.3) is 11.1 Å². The molecule has 0 saturated heterocycles. The van der Waals surface area contributed by atoms with Crippen LogP contribution >= 0.6 is 0 Å². The van der Waals surface area contributed by atoms with Crippen molar-refractivity contribution in [2.75, 3.05) is 27.6 Å². The van der Waals surface area contributed by atoms with Gasteiger partial charge in [-0.05, 0) is 60.0 Å². The monoisotopic (exact) mass is 506 g/mol. The van der Waals surface area contributed by atoms with Crippen molar-refractivity contribution in [3.8, 4) is 28.7 Å². The summed E-state index contributed by atoms with van der Waals surface area (Å²) in [4.78, 5) is -0.232. The number of benzene rings is 3. The largest absolute Gasteiger partial charge is 0.495 e. The van der Waals surface area contributed by atoms with Crippen molar-refractivity contribution < 1.29 is 35.8 Å². The highest BCUT2D eigenvalue weighted by molar-refractivity contribution is 7.89. The first-order valence-corrected chi connectivity index (χ1v) is 11.7. The second-order valence-corrected chi connectivity index (χ2v) is 8.98. The molecule has 3 aromatic carbocycles. The fourth-order valence-corrected chi connectivity index (χ4v) is 4.52. The number of methoxy groups -OCH3 is 2. The minimum Gasteiger partial charge on any atom is -0.495 e. The van der Waals surface area contributed by atoms with Crippen LogP contribution in [0.5, 0.6) is 11.5 Å². The Kier molecular flexibility index (Phi) is 8.34. The van der Waals surface area contributed by atoms with Crippen molar-refractivity contribution in [2.24, 2.45) is 0 Å². The molecule has 11 heteroatoms. The number of rotatable bonds is 10. The van der Waals surface area contributed by atoms with E-state index in [9.17, 15) is 17.2 Å². The van der Waals surface area contributed by atoms with Gasteiger partial charge in [0.15, 0.2) is 18.4 Å². The van der Waals surface area contributed by atoms with Crippen LogP contribution in [0, 0.1) is 28.8 Å². The molecule has 0 saturated carbocycles. The number of halogens is 3. The van der Waals surface area contributed by atoms with Gasteiger partial charge in [-0.25, -0.2) is 26.3 Å². The predicted octanol–water partition coefficient (Wildman–Crippen LogP) is 4.15. The van der Waals surface area contributed by atoms with E-state index in [-0.39, 0.29) is 58.4 Å². The SMILES string of the molecule is COCOc1cc(-c2ccc(F)c(F)c2)cc(F)c1CCNS(=O)(=O)c1cc(C#N)ccc1OC. The van der Waals surface area contributed by atoms with Gasteiger partial charge in [0.25, 0.3) is 0 Å². The average Bonchev–Trinajstić information content (AvgIpc) is 2.84. The molecule has 0 aromatic heterocycles. The molecule has 0 spiro atoms. The second kappa shape index (κ2) is 11.2. The number of nitrogens with zero attached hydrogens (tertiary/aromatic N) is 1. The van der Waals surface area contributed by atoms with Crippen LogP contribution in [0.15, 0.2) is 53.4 Å². The molecule has 0 unspecified atom stereocenters. The molecule has 1 N–H and O–H groups in total. The second-order valence-electron chi connectivity index (χ2n) is 7.24. The molecule has 184 valence electrons. The van der Waals surface area contributed by atoms with Crippen molar-refractivity contribution in [3.63, 3.8) is 0 Å². The maximum absolute atomic E-state index is 15.0. The van der Waals surface area contributed by atoms with Gasteiger partial charge < -0.3 is 14.2 Å². The maximum atomic E-state index is 15.0. The maximum Gasteiger partial charge on any atom is 0.244 e. The van der Waals surface area contributed by atoms with Gasteiger partial charge in [0, 0.05) is 19.2 Å². The zero-order valence-electron chi connectivity index (χ0n) is 18.8. The molecule has 35 heavy (non-hydrogen) atoms. The van der Waals surface area contributed by atoms with Crippen molar-refractivity contribution in [1.82, 2.24) is 4.72 Å². The van der Waals surface area contributed by atoms with Crippen molar-refractivity contribution >= 4 is 10.0 Å². The van der Waals surface area contributed by atoms with Crippen LogP contribution < -0.4 is 14.2 Å². The van der Waals surface area contributed by atoms with E-state index < -0.39 is 27.5 Å². The Balaban J connectivity index is 1.87. The molecular formula is C24H21F3N2O5S. The highest BCUT2D eigenvalue weighted by atomic mass is 32.2. The van der Waals surface area contributed by atoms with Crippen LogP contribution in [0.4, 0.5) is 13.2 Å². The molecule has 0 radical (unpaired) electrons. The summed E-state index contributed by atoms with van der Waals surface area (Å²) >= 11 is 0. The summed E-state index contributed by atoms with van der Waals surface area (Å²) < 4.78 is 85.3. The van der Waals surface area contributed by atoms with E-state index in [1.54, 1.807) is 0 Å². The number of hydrogen-bond acceptors (Lipinski definition) is 6. The minimum absolute atomic E-state index is 0.0441. The first-order chi connectivity index (χ1) is 16.7. The molecule has 0 aliphatic heterocycles. The van der Waals surface area contributed by atoms with Gasteiger partial charge in [-0.3, -0.25) is 0 Å². The van der Waals surface area contributed by atoms with E-state index in [2.05, 4.69) is 4.72 Å². The van der Waals surface area contributed by atoms with Crippen LogP contribution in [0.1, 0.15) is 11.1 Å². The van der Waals surface area contributed by atoms with E-state index in [1.165, 1.54) is 44.6 Å². The molecule has 0 fully saturated rings. The summed E-state index contributed by atoms with van der Waals surface area (Å²) in [5, 5.41) is 9.07. The lowest BCUT2D eigenvalue weighted by atomic mass is 10.0. The van der Waals surface area contributed by atoms with Crippen molar-refractivity contribution in [1.29, 1.82) is 5.26 Å². The third-order valence-electron chi connectivity index (χ3n) is 4.99. The van der Waals surface area contributed by atoms with Gasteiger partial charge in [-0.1, -0.05) is 6.07 Å². The molecule has 0 aliphatic carbocycles. The summed E-state index contributed by atoms with van der Waals surface area (Å²) in [6.07, 6.45) is -0.109. The van der Waals surface area contributed by atoms with E-state index in [0.29, 0.717) is 0 Å². The van der Waals surface area contributed by atoms with Gasteiger partial charge in [0.1, 0.15) is 22.2 Å². The topological polar surface area (TPSA) is 97.6 Å². The Morgan fingerprint density at radius 1 is 0.914 bits per heavy atom. The molecule has 0 aliphatic rings. The Labute approximate surface area is 200 Å². The smallest absolute Gasteiger partial charge is 0.244 e. The lowest BCUT2D eigenvalue weighted by Gasteiger charge is -2.15. The quantitative estimate of drug-likeness (QED) is 0.415. The van der Waals surface area contributed by atoms with E-state index in [0.717, 1.165) is 18.2 Å². The third-order valence-corrected chi connectivity index (χ3v) is 6.47. The standard InChI is InChI=1S/C24H21F3N2O5S/c1-32-14-34-23-12-17(16-4-5-19(25)21(27)10-16)11-20(26)18(23)7-8-29-35(30,31)24-9-15(13-28)3-6-22(24)33-2/h3-6,9-12,29H,7-8,14H2,1-2H3. The average molecular weight is 507 g/mol. The van der Waals surface area contributed by atoms with Crippen molar-refractivity contribution in [2.45, 2.75) is 11.3 Å². The van der Waals surface area contributed by atoms with E-state index >= 15 is 4.39 Å².